The molecule has 0 amide bonds. The van der Waals surface area contributed by atoms with Crippen molar-refractivity contribution in [3.8, 4) is 17.1 Å². The van der Waals surface area contributed by atoms with Gasteiger partial charge >= 0.3 is 5.69 Å². The Kier molecular flexibility index (Phi) is 7.31. The van der Waals surface area contributed by atoms with E-state index in [0.717, 1.165) is 6.42 Å². The molecule has 1 fully saturated rings. The fraction of sp³-hybridized carbons (Fsp3) is 0.500. The minimum absolute atomic E-state index is 0.0434. The summed E-state index contributed by atoms with van der Waals surface area (Å²) < 4.78 is 35.3. The van der Waals surface area contributed by atoms with Gasteiger partial charge in [-0.2, -0.15) is 4.31 Å². The second kappa shape index (κ2) is 10.2. The first kappa shape index (κ1) is 24.3. The molecule has 0 aliphatic carbocycles. The summed E-state index contributed by atoms with van der Waals surface area (Å²) in [6.07, 6.45) is 2.96. The average Bonchev–Trinajstić information content (AvgIpc) is 3.23. The van der Waals surface area contributed by atoms with Crippen LogP contribution in [0.1, 0.15) is 26.0 Å². The van der Waals surface area contributed by atoms with Gasteiger partial charge in [-0.05, 0) is 31.5 Å². The molecule has 0 bridgehead atoms. The number of piperazine rings is 1. The molecule has 3 aromatic rings. The van der Waals surface area contributed by atoms with Gasteiger partial charge in [-0.25, -0.2) is 27.6 Å². The Morgan fingerprint density at radius 2 is 1.94 bits per heavy atom. The molecule has 4 rings (SSSR count). The van der Waals surface area contributed by atoms with Crippen LogP contribution in [0.15, 0.2) is 34.2 Å². The van der Waals surface area contributed by atoms with Crippen molar-refractivity contribution in [2.75, 3.05) is 45.9 Å². The summed E-state index contributed by atoms with van der Waals surface area (Å²) in [7, 11) is -3.77. The molecule has 12 heteroatoms. The molecule has 1 aromatic carbocycles. The first-order valence-electron chi connectivity index (χ1n) is 11.5. The summed E-state index contributed by atoms with van der Waals surface area (Å²) in [5.74, 6) is 0.655. The molecule has 1 saturated heterocycles. The van der Waals surface area contributed by atoms with Crippen LogP contribution in [0.4, 0.5) is 0 Å². The van der Waals surface area contributed by atoms with Crippen molar-refractivity contribution in [3.63, 3.8) is 0 Å². The van der Waals surface area contributed by atoms with Gasteiger partial charge in [0.15, 0.2) is 5.65 Å². The van der Waals surface area contributed by atoms with Crippen molar-refractivity contribution in [3.05, 3.63) is 40.7 Å². The quantitative estimate of drug-likeness (QED) is 0.449. The van der Waals surface area contributed by atoms with Gasteiger partial charge in [-0.1, -0.05) is 13.3 Å². The highest BCUT2D eigenvalue weighted by molar-refractivity contribution is 7.89. The topological polar surface area (TPSA) is 133 Å². The summed E-state index contributed by atoms with van der Waals surface area (Å²) in [5, 5.41) is 9.13. The van der Waals surface area contributed by atoms with E-state index in [1.807, 2.05) is 18.7 Å². The molecule has 0 unspecified atom stereocenters. The van der Waals surface area contributed by atoms with Crippen molar-refractivity contribution in [1.82, 2.24) is 28.6 Å². The fourth-order valence-corrected chi connectivity index (χ4v) is 5.55. The Hall–Kier alpha value is -2.80. The number of fused-ring (bicyclic) bond motifs is 1. The van der Waals surface area contributed by atoms with Gasteiger partial charge in [0.1, 0.15) is 17.9 Å². The van der Waals surface area contributed by atoms with Gasteiger partial charge in [-0.3, -0.25) is 9.88 Å². The smallest absolute Gasteiger partial charge is 0.334 e. The van der Waals surface area contributed by atoms with Crippen LogP contribution in [0, 0.1) is 0 Å². The Bertz CT molecular complexity index is 1310. The number of aromatic amines is 1. The van der Waals surface area contributed by atoms with E-state index in [4.69, 9.17) is 9.84 Å². The molecule has 2 N–H and O–H groups in total. The Morgan fingerprint density at radius 3 is 2.62 bits per heavy atom. The number of H-pyrrole nitrogens is 1. The maximum absolute atomic E-state index is 13.4. The minimum atomic E-state index is -3.77. The second-order valence-electron chi connectivity index (χ2n) is 8.09. The molecule has 11 nitrogen and oxygen atoms in total. The Morgan fingerprint density at radius 1 is 1.18 bits per heavy atom. The van der Waals surface area contributed by atoms with Crippen LogP contribution >= 0.6 is 0 Å². The number of β-amino-alcohol motifs (C(OH)–C–C–N with tert-alkyl or cyclic N) is 1. The number of aliphatic hydroxyl groups is 1. The van der Waals surface area contributed by atoms with Gasteiger partial charge in [0.25, 0.3) is 0 Å². The number of benzene rings is 1. The first-order valence-corrected chi connectivity index (χ1v) is 12.9. The summed E-state index contributed by atoms with van der Waals surface area (Å²) in [6.45, 7) is 6.56. The molecule has 34 heavy (non-hydrogen) atoms. The molecule has 0 radical (unpaired) electrons. The number of aromatic nitrogens is 4. The molecule has 3 heterocycles. The van der Waals surface area contributed by atoms with E-state index in [-0.39, 0.29) is 17.3 Å². The standard InChI is InChI=1S/C22H30N6O5S/c1-3-5-18-21-24-20(25-22(30)28(21)15-23-18)17-14-16(6-7-19(17)33-4-2)34(31,32)27-10-8-26(9-11-27)12-13-29/h6-7,14-15,29H,3-5,8-13H2,1-2H3,(H,24,25,30). The van der Waals surface area contributed by atoms with Crippen molar-refractivity contribution >= 4 is 15.7 Å². The van der Waals surface area contributed by atoms with Crippen molar-refractivity contribution in [2.24, 2.45) is 0 Å². The third-order valence-electron chi connectivity index (χ3n) is 5.86. The largest absolute Gasteiger partial charge is 0.493 e. The van der Waals surface area contributed by atoms with Crippen LogP contribution < -0.4 is 10.4 Å². The van der Waals surface area contributed by atoms with Crippen LogP contribution in [-0.4, -0.2) is 88.0 Å². The molecule has 184 valence electrons. The van der Waals surface area contributed by atoms with Gasteiger partial charge in [0.2, 0.25) is 10.0 Å². The zero-order valence-electron chi connectivity index (χ0n) is 19.4. The molecular formula is C22H30N6O5S. The molecule has 0 atom stereocenters. The van der Waals surface area contributed by atoms with Gasteiger partial charge in [0.05, 0.1) is 29.4 Å². The third-order valence-corrected chi connectivity index (χ3v) is 7.75. The van der Waals surface area contributed by atoms with E-state index in [9.17, 15) is 13.2 Å². The van der Waals surface area contributed by atoms with Crippen LogP contribution in [0.25, 0.3) is 17.0 Å². The lowest BCUT2D eigenvalue weighted by Crippen LogP contribution is -2.49. The van der Waals surface area contributed by atoms with Crippen molar-refractivity contribution < 1.29 is 18.3 Å². The molecule has 0 spiro atoms. The summed E-state index contributed by atoms with van der Waals surface area (Å²) >= 11 is 0. The second-order valence-corrected chi connectivity index (χ2v) is 10.0. The van der Waals surface area contributed by atoms with Crippen molar-refractivity contribution in [2.45, 2.75) is 31.6 Å². The number of imidazole rings is 1. The normalized spacial score (nSPS) is 15.7. The lowest BCUT2D eigenvalue weighted by atomic mass is 10.2. The van der Waals surface area contributed by atoms with Crippen LogP contribution in [0.3, 0.4) is 0 Å². The number of sulfonamides is 1. The van der Waals surface area contributed by atoms with E-state index in [1.165, 1.54) is 27.2 Å². The van der Waals surface area contributed by atoms with Crippen molar-refractivity contribution in [1.29, 1.82) is 0 Å². The number of ether oxygens (including phenoxy) is 1. The maximum Gasteiger partial charge on any atom is 0.334 e. The zero-order valence-corrected chi connectivity index (χ0v) is 20.2. The average molecular weight is 491 g/mol. The van der Waals surface area contributed by atoms with E-state index < -0.39 is 15.7 Å². The Balaban J connectivity index is 1.75. The van der Waals surface area contributed by atoms with E-state index in [1.54, 1.807) is 6.07 Å². The van der Waals surface area contributed by atoms with E-state index in [0.29, 0.717) is 68.4 Å². The van der Waals surface area contributed by atoms with Crippen LogP contribution in [-0.2, 0) is 16.4 Å². The van der Waals surface area contributed by atoms with Crippen LogP contribution in [0.5, 0.6) is 5.75 Å². The Labute approximate surface area is 198 Å². The number of aryl methyl sites for hydroxylation is 1. The SMILES string of the molecule is CCCc1ncn2c(=O)[nH]c(-c3cc(S(=O)(=O)N4CCN(CCO)CC4)ccc3OCC)nc12. The number of rotatable bonds is 9. The van der Waals surface area contributed by atoms with Gasteiger partial charge in [0, 0.05) is 32.7 Å². The number of nitrogens with zero attached hydrogens (tertiary/aromatic N) is 5. The highest BCUT2D eigenvalue weighted by atomic mass is 32.2. The van der Waals surface area contributed by atoms with Gasteiger partial charge < -0.3 is 9.84 Å². The molecule has 1 aliphatic heterocycles. The predicted octanol–water partition coefficient (Wildman–Crippen LogP) is 0.734. The monoisotopic (exact) mass is 490 g/mol. The number of nitrogens with one attached hydrogen (secondary N) is 1. The third kappa shape index (κ3) is 4.71. The van der Waals surface area contributed by atoms with Crippen LogP contribution in [0.2, 0.25) is 0 Å². The molecule has 2 aromatic heterocycles. The molecule has 1 aliphatic rings. The maximum atomic E-state index is 13.4. The fourth-order valence-electron chi connectivity index (χ4n) is 4.10. The van der Waals surface area contributed by atoms with E-state index in [2.05, 4.69) is 15.0 Å². The summed E-state index contributed by atoms with van der Waals surface area (Å²) in [4.78, 5) is 26.5. The lowest BCUT2D eigenvalue weighted by molar-refractivity contribution is 0.151. The molecular weight excluding hydrogens is 460 g/mol. The first-order chi connectivity index (χ1) is 16.4. The van der Waals surface area contributed by atoms with E-state index >= 15 is 0 Å². The summed E-state index contributed by atoms with van der Waals surface area (Å²) in [6, 6.07) is 4.62. The minimum Gasteiger partial charge on any atom is -0.493 e. The number of aliphatic hydroxyl groups excluding tert-OH is 1. The predicted molar refractivity (Wildman–Crippen MR) is 126 cm³/mol. The highest BCUT2D eigenvalue weighted by Gasteiger charge is 2.29. The highest BCUT2D eigenvalue weighted by Crippen LogP contribution is 2.31. The molecule has 0 saturated carbocycles. The lowest BCUT2D eigenvalue weighted by Gasteiger charge is -2.33. The zero-order chi connectivity index (χ0) is 24.3. The van der Waals surface area contributed by atoms with Gasteiger partial charge in [-0.15, -0.1) is 0 Å². The summed E-state index contributed by atoms with van der Waals surface area (Å²) in [5.41, 5.74) is 1.13. The number of hydrogen-bond donors (Lipinski definition) is 2. The number of hydrogen-bond acceptors (Lipinski definition) is 8.